The summed E-state index contributed by atoms with van der Waals surface area (Å²) in [6.45, 7) is 18.8. The molecule has 0 spiro atoms. The van der Waals surface area contributed by atoms with Crippen molar-refractivity contribution in [2.24, 2.45) is 0 Å². The predicted octanol–water partition coefficient (Wildman–Crippen LogP) is 3.08. The van der Waals surface area contributed by atoms with Crippen LogP contribution in [0.25, 0.3) is 0 Å². The van der Waals surface area contributed by atoms with Crippen LogP contribution >= 0.6 is 0 Å². The highest BCUT2D eigenvalue weighted by atomic mass is 19.1. The van der Waals surface area contributed by atoms with Crippen LogP contribution in [0.3, 0.4) is 0 Å². The third kappa shape index (κ3) is 4.00. The van der Waals surface area contributed by atoms with Gasteiger partial charge in [0, 0.05) is 10.9 Å². The number of rotatable bonds is 4. The molecule has 2 aliphatic rings. The fraction of sp³-hybridized carbons (Fsp3) is 0.682. The average molecular weight is 431 g/mol. The molecule has 0 atom stereocenters. The lowest BCUT2D eigenvalue weighted by Gasteiger charge is -2.32. The lowest BCUT2D eigenvalue weighted by molar-refractivity contribution is 0.00578. The quantitative estimate of drug-likeness (QED) is 0.683. The van der Waals surface area contributed by atoms with Crippen LogP contribution in [0, 0.1) is 17.1 Å². The Kier molecular flexibility index (Phi) is 5.81. The van der Waals surface area contributed by atoms with Gasteiger partial charge in [0.15, 0.2) is 0 Å². The van der Waals surface area contributed by atoms with E-state index in [0.29, 0.717) is 0 Å². The van der Waals surface area contributed by atoms with Gasteiger partial charge in [-0.1, -0.05) is 0 Å². The molecule has 0 amide bonds. The Morgan fingerprint density at radius 3 is 1.68 bits per heavy atom. The summed E-state index contributed by atoms with van der Waals surface area (Å²) >= 11 is 0. The fourth-order valence-electron chi connectivity index (χ4n) is 3.46. The van der Waals surface area contributed by atoms with Gasteiger partial charge in [-0.25, -0.2) is 4.39 Å². The van der Waals surface area contributed by atoms with Gasteiger partial charge in [0.2, 0.25) is 0 Å². The molecule has 0 bridgehead atoms. The molecule has 0 unspecified atom stereocenters. The molecule has 2 heterocycles. The maximum Gasteiger partial charge on any atom is 0.499 e. The second kappa shape index (κ2) is 7.48. The molecule has 2 aliphatic heterocycles. The third-order valence-electron chi connectivity index (χ3n) is 6.76. The molecule has 2 saturated heterocycles. The van der Waals surface area contributed by atoms with E-state index in [4.69, 9.17) is 23.4 Å². The summed E-state index contributed by atoms with van der Waals surface area (Å²) in [5.41, 5.74) is -2.50. The van der Waals surface area contributed by atoms with Gasteiger partial charge in [-0.2, -0.15) is 5.26 Å². The summed E-state index contributed by atoms with van der Waals surface area (Å²) in [7, 11) is -2.04. The number of halogens is 1. The minimum atomic E-state index is -1.07. The zero-order valence-electron chi connectivity index (χ0n) is 20.2. The molecular weight excluding hydrogens is 399 g/mol. The van der Waals surface area contributed by atoms with Crippen LogP contribution in [-0.2, 0) is 18.6 Å². The Morgan fingerprint density at radius 2 is 1.29 bits per heavy atom. The van der Waals surface area contributed by atoms with Gasteiger partial charge in [-0.3, -0.25) is 0 Å². The molecule has 168 valence electrons. The fourth-order valence-corrected chi connectivity index (χ4v) is 3.46. The molecule has 1 aromatic rings. The number of ether oxygens (including phenoxy) is 1. The first kappa shape index (κ1) is 24.1. The van der Waals surface area contributed by atoms with Crippen molar-refractivity contribution in [2.75, 3.05) is 0 Å². The van der Waals surface area contributed by atoms with E-state index in [0.717, 1.165) is 0 Å². The Bertz CT molecular complexity index is 891. The van der Waals surface area contributed by atoms with Gasteiger partial charge in [-0.05, 0) is 75.3 Å². The van der Waals surface area contributed by atoms with Gasteiger partial charge in [0.05, 0.1) is 34.1 Å². The van der Waals surface area contributed by atoms with Crippen LogP contribution in [0.4, 0.5) is 4.39 Å². The highest BCUT2D eigenvalue weighted by Crippen LogP contribution is 2.39. The van der Waals surface area contributed by atoms with Crippen molar-refractivity contribution in [3.8, 4) is 11.8 Å². The maximum absolute atomic E-state index is 16.0. The topological polar surface area (TPSA) is 69.9 Å². The molecule has 0 aromatic heterocycles. The van der Waals surface area contributed by atoms with E-state index < -0.39 is 42.5 Å². The summed E-state index contributed by atoms with van der Waals surface area (Å²) in [6, 6.07) is 3.58. The number of nitriles is 1. The van der Waals surface area contributed by atoms with Gasteiger partial charge < -0.3 is 23.4 Å². The molecule has 0 radical (unpaired) electrons. The van der Waals surface area contributed by atoms with Crippen molar-refractivity contribution in [3.05, 3.63) is 17.4 Å². The van der Waals surface area contributed by atoms with Crippen LogP contribution in [0.2, 0.25) is 0 Å². The summed E-state index contributed by atoms with van der Waals surface area (Å²) in [5.74, 6) is -0.405. The van der Waals surface area contributed by atoms with E-state index in [9.17, 15) is 5.26 Å². The summed E-state index contributed by atoms with van der Waals surface area (Å²) in [6.07, 6.45) is -0.227. The lowest BCUT2D eigenvalue weighted by Crippen LogP contribution is -2.47. The van der Waals surface area contributed by atoms with E-state index in [1.54, 1.807) is 0 Å². The summed E-state index contributed by atoms with van der Waals surface area (Å²) in [4.78, 5) is 0. The predicted molar refractivity (Wildman–Crippen MR) is 118 cm³/mol. The normalized spacial score (nSPS) is 23.3. The minimum Gasteiger partial charge on any atom is -0.490 e. The third-order valence-corrected chi connectivity index (χ3v) is 6.76. The molecule has 2 fully saturated rings. The van der Waals surface area contributed by atoms with E-state index in [1.165, 1.54) is 6.07 Å². The smallest absolute Gasteiger partial charge is 0.490 e. The van der Waals surface area contributed by atoms with Crippen LogP contribution in [0.15, 0.2) is 6.07 Å². The van der Waals surface area contributed by atoms with Crippen LogP contribution in [-0.4, -0.2) is 42.7 Å². The van der Waals surface area contributed by atoms with Gasteiger partial charge in [0.25, 0.3) is 0 Å². The van der Waals surface area contributed by atoms with Gasteiger partial charge in [0.1, 0.15) is 17.6 Å². The molecule has 6 nitrogen and oxygen atoms in total. The van der Waals surface area contributed by atoms with Crippen molar-refractivity contribution in [1.82, 2.24) is 0 Å². The molecule has 0 N–H and O–H groups in total. The highest BCUT2D eigenvalue weighted by molar-refractivity contribution is 6.66. The van der Waals surface area contributed by atoms with Crippen molar-refractivity contribution in [1.29, 1.82) is 5.26 Å². The monoisotopic (exact) mass is 431 g/mol. The Balaban J connectivity index is 2.19. The zero-order valence-corrected chi connectivity index (χ0v) is 20.2. The van der Waals surface area contributed by atoms with Gasteiger partial charge >= 0.3 is 14.2 Å². The average Bonchev–Trinajstić information content (AvgIpc) is 2.94. The Hall–Kier alpha value is -1.59. The van der Waals surface area contributed by atoms with E-state index in [1.807, 2.05) is 69.2 Å². The Labute approximate surface area is 185 Å². The first-order valence-electron chi connectivity index (χ1n) is 10.7. The minimum absolute atomic E-state index is 0.00372. The number of hydrogen-bond donors (Lipinski definition) is 0. The first-order valence-corrected chi connectivity index (χ1v) is 10.7. The number of hydrogen-bond acceptors (Lipinski definition) is 6. The zero-order chi connectivity index (χ0) is 23.6. The molecule has 1 aromatic carbocycles. The van der Waals surface area contributed by atoms with Crippen molar-refractivity contribution < 1.29 is 27.7 Å². The highest BCUT2D eigenvalue weighted by Gasteiger charge is 2.56. The van der Waals surface area contributed by atoms with Crippen molar-refractivity contribution in [2.45, 2.75) is 97.7 Å². The van der Waals surface area contributed by atoms with Crippen LogP contribution < -0.4 is 15.7 Å². The number of nitrogens with zero attached hydrogens (tertiary/aromatic N) is 1. The van der Waals surface area contributed by atoms with E-state index >= 15 is 4.39 Å². The Morgan fingerprint density at radius 1 is 0.871 bits per heavy atom. The lowest BCUT2D eigenvalue weighted by atomic mass is 9.69. The molecule has 9 heteroatoms. The number of benzene rings is 1. The molecular formula is C22H32B2FNO5. The molecule has 3 rings (SSSR count). The maximum atomic E-state index is 16.0. The second-order valence-electron chi connectivity index (χ2n) is 10.5. The second-order valence-corrected chi connectivity index (χ2v) is 10.5. The van der Waals surface area contributed by atoms with Crippen LogP contribution in [0.1, 0.15) is 74.8 Å². The van der Waals surface area contributed by atoms with Crippen LogP contribution in [0.5, 0.6) is 5.75 Å². The summed E-state index contributed by atoms with van der Waals surface area (Å²) < 4.78 is 46.2. The van der Waals surface area contributed by atoms with Crippen molar-refractivity contribution >= 4 is 25.2 Å². The standard InChI is InChI=1S/C22H32B2FNO5/c1-13(2)27-16-11-15(23-28-19(3,4)20(5,6)29-23)18(25)17(14(16)12-26)24-30-21(7,8)22(9,10)31-24/h11,13H,1-10H3. The first-order chi connectivity index (χ1) is 14.0. The largest absolute Gasteiger partial charge is 0.499 e. The molecule has 31 heavy (non-hydrogen) atoms. The summed E-state index contributed by atoms with van der Waals surface area (Å²) in [5, 5.41) is 9.91. The van der Waals surface area contributed by atoms with Gasteiger partial charge in [-0.15, -0.1) is 0 Å². The van der Waals surface area contributed by atoms with E-state index in [-0.39, 0.29) is 28.3 Å². The molecule has 0 saturated carbocycles. The van der Waals surface area contributed by atoms with E-state index in [2.05, 4.69) is 6.07 Å². The molecule has 0 aliphatic carbocycles. The van der Waals surface area contributed by atoms with Crippen molar-refractivity contribution in [3.63, 3.8) is 0 Å². The SMILES string of the molecule is CC(C)Oc1cc(B2OC(C)(C)C(C)(C)O2)c(F)c(B2OC(C)(C)C(C)(C)O2)c1C#N.